The summed E-state index contributed by atoms with van der Waals surface area (Å²) in [4.78, 5) is 12.0. The van der Waals surface area contributed by atoms with Crippen LogP contribution in [0.4, 0.5) is 10.5 Å². The number of anilines is 1. The van der Waals surface area contributed by atoms with Gasteiger partial charge < -0.3 is 15.2 Å². The van der Waals surface area contributed by atoms with Gasteiger partial charge in [-0.05, 0) is 43.7 Å². The zero-order chi connectivity index (χ0) is 18.4. The molecular formula is C18H24ClN5OS. The predicted molar refractivity (Wildman–Crippen MR) is 106 cm³/mol. The average molecular weight is 394 g/mol. The van der Waals surface area contributed by atoms with Gasteiger partial charge in [-0.15, -0.1) is 10.2 Å². The molecule has 1 saturated carbocycles. The maximum atomic E-state index is 12.0. The molecule has 1 aliphatic carbocycles. The Balaban J connectivity index is 1.47. The molecule has 1 fully saturated rings. The maximum absolute atomic E-state index is 12.0. The van der Waals surface area contributed by atoms with E-state index in [2.05, 4.69) is 25.4 Å². The van der Waals surface area contributed by atoms with Gasteiger partial charge in [0.25, 0.3) is 0 Å². The number of aromatic nitrogens is 3. The number of carbonyl (C=O) groups is 1. The number of nitrogens with zero attached hydrogens (tertiary/aromatic N) is 3. The fourth-order valence-corrected chi connectivity index (χ4v) is 4.10. The minimum atomic E-state index is -0.227. The van der Waals surface area contributed by atoms with Crippen LogP contribution in [0.2, 0.25) is 5.02 Å². The van der Waals surface area contributed by atoms with Crippen molar-refractivity contribution < 1.29 is 4.79 Å². The quantitative estimate of drug-likeness (QED) is 0.535. The molecule has 0 bridgehead atoms. The predicted octanol–water partition coefficient (Wildman–Crippen LogP) is 4.52. The molecule has 0 radical (unpaired) electrons. The van der Waals surface area contributed by atoms with E-state index in [0.717, 1.165) is 23.8 Å². The SMILES string of the molecule is CSc1nnc(CCCNC(=O)Nc2cccc(Cl)c2)n1C1CCCC1. The van der Waals surface area contributed by atoms with Gasteiger partial charge in [-0.2, -0.15) is 0 Å². The number of benzene rings is 1. The molecular weight excluding hydrogens is 370 g/mol. The van der Waals surface area contributed by atoms with Gasteiger partial charge in [-0.3, -0.25) is 0 Å². The second-order valence-corrected chi connectivity index (χ2v) is 7.62. The molecule has 8 heteroatoms. The van der Waals surface area contributed by atoms with Crippen molar-refractivity contribution in [1.82, 2.24) is 20.1 Å². The van der Waals surface area contributed by atoms with Crippen LogP contribution in [-0.4, -0.2) is 33.6 Å². The lowest BCUT2D eigenvalue weighted by Crippen LogP contribution is -2.29. The van der Waals surface area contributed by atoms with E-state index in [4.69, 9.17) is 11.6 Å². The molecule has 2 aromatic rings. The van der Waals surface area contributed by atoms with Crippen molar-refractivity contribution in [2.45, 2.75) is 49.7 Å². The van der Waals surface area contributed by atoms with E-state index in [-0.39, 0.29) is 6.03 Å². The summed E-state index contributed by atoms with van der Waals surface area (Å²) >= 11 is 7.57. The normalized spacial score (nSPS) is 14.5. The number of thioether (sulfide) groups is 1. The Labute approximate surface area is 163 Å². The minimum Gasteiger partial charge on any atom is -0.338 e. The first-order valence-corrected chi connectivity index (χ1v) is 10.6. The number of amides is 2. The first-order valence-electron chi connectivity index (χ1n) is 8.95. The minimum absolute atomic E-state index is 0.227. The molecule has 1 aromatic carbocycles. The summed E-state index contributed by atoms with van der Waals surface area (Å²) in [5.41, 5.74) is 0.681. The monoisotopic (exact) mass is 393 g/mol. The van der Waals surface area contributed by atoms with Crippen LogP contribution < -0.4 is 10.6 Å². The molecule has 26 heavy (non-hydrogen) atoms. The van der Waals surface area contributed by atoms with Crippen LogP contribution in [0, 0.1) is 0 Å². The van der Waals surface area contributed by atoms with Crippen molar-refractivity contribution in [3.63, 3.8) is 0 Å². The lowest BCUT2D eigenvalue weighted by Gasteiger charge is -2.16. The average Bonchev–Trinajstić information content (AvgIpc) is 3.27. The molecule has 0 unspecified atom stereocenters. The first kappa shape index (κ1) is 19.0. The molecule has 2 N–H and O–H groups in total. The number of urea groups is 1. The lowest BCUT2D eigenvalue weighted by molar-refractivity contribution is 0.252. The van der Waals surface area contributed by atoms with Gasteiger partial charge in [-0.25, -0.2) is 4.79 Å². The maximum Gasteiger partial charge on any atom is 0.319 e. The largest absolute Gasteiger partial charge is 0.338 e. The molecule has 1 aliphatic rings. The number of hydrogen-bond acceptors (Lipinski definition) is 4. The smallest absolute Gasteiger partial charge is 0.319 e. The van der Waals surface area contributed by atoms with Crippen LogP contribution in [0.15, 0.2) is 29.4 Å². The molecule has 6 nitrogen and oxygen atoms in total. The Hall–Kier alpha value is -1.73. The zero-order valence-corrected chi connectivity index (χ0v) is 16.4. The van der Waals surface area contributed by atoms with Crippen molar-refractivity contribution in [2.24, 2.45) is 0 Å². The van der Waals surface area contributed by atoms with Crippen LogP contribution in [-0.2, 0) is 6.42 Å². The number of carbonyl (C=O) groups excluding carboxylic acids is 1. The van der Waals surface area contributed by atoms with Gasteiger partial charge in [0.1, 0.15) is 5.82 Å². The highest BCUT2D eigenvalue weighted by molar-refractivity contribution is 7.98. The van der Waals surface area contributed by atoms with E-state index in [1.165, 1.54) is 25.7 Å². The standard InChI is InChI=1S/C18H24ClN5OS/c1-26-18-23-22-16(24(18)15-8-2-3-9-15)10-5-11-20-17(25)21-14-7-4-6-13(19)12-14/h4,6-7,12,15H,2-3,5,8-11H2,1H3,(H2,20,21,25). The number of halogens is 1. The second kappa shape index (κ2) is 9.28. The second-order valence-electron chi connectivity index (χ2n) is 6.41. The molecule has 0 atom stereocenters. The first-order chi connectivity index (χ1) is 12.7. The summed E-state index contributed by atoms with van der Waals surface area (Å²) in [5, 5.41) is 15.9. The molecule has 140 valence electrons. The third-order valence-electron chi connectivity index (χ3n) is 4.55. The Morgan fingerprint density at radius 2 is 2.15 bits per heavy atom. The number of nitrogens with one attached hydrogen (secondary N) is 2. The number of aryl methyl sites for hydroxylation is 1. The van der Waals surface area contributed by atoms with Crippen molar-refractivity contribution >= 4 is 35.1 Å². The van der Waals surface area contributed by atoms with Crippen molar-refractivity contribution in [3.8, 4) is 0 Å². The van der Waals surface area contributed by atoms with Crippen molar-refractivity contribution in [2.75, 3.05) is 18.1 Å². The van der Waals surface area contributed by atoms with E-state index in [1.54, 1.807) is 36.0 Å². The highest BCUT2D eigenvalue weighted by Crippen LogP contribution is 2.33. The molecule has 0 spiro atoms. The molecule has 1 heterocycles. The molecule has 3 rings (SSSR count). The highest BCUT2D eigenvalue weighted by atomic mass is 35.5. The van der Waals surface area contributed by atoms with E-state index < -0.39 is 0 Å². The van der Waals surface area contributed by atoms with Gasteiger partial charge in [0.05, 0.1) is 0 Å². The van der Waals surface area contributed by atoms with E-state index in [1.807, 2.05) is 6.26 Å². The molecule has 1 aromatic heterocycles. The summed E-state index contributed by atoms with van der Waals surface area (Å²) in [6.45, 7) is 0.582. The van der Waals surface area contributed by atoms with E-state index >= 15 is 0 Å². The van der Waals surface area contributed by atoms with Crippen molar-refractivity contribution in [1.29, 1.82) is 0 Å². The van der Waals surface area contributed by atoms with Crippen LogP contribution in [0.1, 0.15) is 44.0 Å². The fraction of sp³-hybridized carbons (Fsp3) is 0.500. The fourth-order valence-electron chi connectivity index (χ4n) is 3.34. The Bertz CT molecular complexity index is 745. The summed E-state index contributed by atoms with van der Waals surface area (Å²) in [6.07, 6.45) is 8.64. The molecule has 2 amide bonds. The van der Waals surface area contributed by atoms with Gasteiger partial charge in [0, 0.05) is 29.7 Å². The van der Waals surface area contributed by atoms with Gasteiger partial charge >= 0.3 is 6.03 Å². The summed E-state index contributed by atoms with van der Waals surface area (Å²) < 4.78 is 2.31. The highest BCUT2D eigenvalue weighted by Gasteiger charge is 2.23. The Morgan fingerprint density at radius 1 is 1.35 bits per heavy atom. The van der Waals surface area contributed by atoms with Gasteiger partial charge in [-0.1, -0.05) is 42.3 Å². The third-order valence-corrected chi connectivity index (χ3v) is 5.43. The summed E-state index contributed by atoms with van der Waals surface area (Å²) in [6, 6.07) is 7.40. The number of hydrogen-bond donors (Lipinski definition) is 2. The van der Waals surface area contributed by atoms with Gasteiger partial charge in [0.2, 0.25) is 0 Å². The Morgan fingerprint density at radius 3 is 2.88 bits per heavy atom. The molecule has 0 saturated heterocycles. The van der Waals surface area contributed by atoms with E-state index in [0.29, 0.717) is 23.3 Å². The summed E-state index contributed by atoms with van der Waals surface area (Å²) in [7, 11) is 0. The van der Waals surface area contributed by atoms with Crippen LogP contribution in [0.3, 0.4) is 0 Å². The van der Waals surface area contributed by atoms with Crippen LogP contribution >= 0.6 is 23.4 Å². The van der Waals surface area contributed by atoms with Crippen molar-refractivity contribution in [3.05, 3.63) is 35.1 Å². The van der Waals surface area contributed by atoms with Crippen LogP contribution in [0.5, 0.6) is 0 Å². The van der Waals surface area contributed by atoms with Gasteiger partial charge in [0.15, 0.2) is 5.16 Å². The summed E-state index contributed by atoms with van der Waals surface area (Å²) in [5.74, 6) is 1.03. The topological polar surface area (TPSA) is 71.8 Å². The number of rotatable bonds is 7. The lowest BCUT2D eigenvalue weighted by atomic mass is 10.2. The Kier molecular flexibility index (Phi) is 6.80. The third kappa shape index (κ3) is 4.92. The zero-order valence-electron chi connectivity index (χ0n) is 14.9. The molecule has 0 aliphatic heterocycles. The van der Waals surface area contributed by atoms with Crippen LogP contribution in [0.25, 0.3) is 0 Å². The van der Waals surface area contributed by atoms with E-state index in [9.17, 15) is 4.79 Å².